The van der Waals surface area contributed by atoms with Gasteiger partial charge in [0.15, 0.2) is 21.3 Å². The zero-order valence-electron chi connectivity index (χ0n) is 36.8. The molecule has 0 saturated heterocycles. The summed E-state index contributed by atoms with van der Waals surface area (Å²) in [7, 11) is -8.53. The monoisotopic (exact) mass is 1170 g/mol. The Morgan fingerprint density at radius 2 is 1.61 bits per heavy atom. The SMILES string of the molecule is CC(C)(CCc1ccc(-c2ccc(Cl)c3c(N(C(=O)OCCN)S(C)(=O)=O)nn(CC(F)(F)F)c23)c([C@H](Cc2cc(F)cc(F)c2)NC(=O)Cn2nc(C(F)(F)F)c3c2C(F)(F)[C@H](I)C3)n1)S(C)(=O)=O. The van der Waals surface area contributed by atoms with Crippen molar-refractivity contribution in [1.29, 1.82) is 0 Å². The number of carbonyl (C=O) groups is 2. The van der Waals surface area contributed by atoms with Gasteiger partial charge in [0.1, 0.15) is 37.0 Å². The van der Waals surface area contributed by atoms with Crippen molar-refractivity contribution < 1.29 is 75.1 Å². The van der Waals surface area contributed by atoms with E-state index in [1.807, 2.05) is 0 Å². The van der Waals surface area contributed by atoms with Gasteiger partial charge in [-0.3, -0.25) is 19.1 Å². The molecular weight excluding hydrogens is 1130 g/mol. The summed E-state index contributed by atoms with van der Waals surface area (Å²) in [5.41, 5.74) is -0.0411. The van der Waals surface area contributed by atoms with Gasteiger partial charge in [-0.25, -0.2) is 30.4 Å². The van der Waals surface area contributed by atoms with Crippen LogP contribution in [0, 0.1) is 11.6 Å². The number of rotatable bonds is 16. The molecular formula is C41H40ClF10IN8O7S2. The van der Waals surface area contributed by atoms with E-state index in [4.69, 9.17) is 22.1 Å². The molecule has 382 valence electrons. The zero-order chi connectivity index (χ0) is 52.3. The standard InChI is InChI=1S/C41H40ClF10IN8O7S2/c1-38(2,69(3,64)65)10-9-23-5-6-24(25-7-8-27(42)31-33(25)60(19-39(45,46)47)58-36(31)61(70(4,66)67)37(63)68-12-11-54)32(55-23)28(15-20-13-21(43)16-22(44)14-20)56-30(62)18-59-35-26(17-29(53)40(35,48)49)34(57-59)41(50,51)52/h5-8,13-14,16,28-29H,9-12,15,17-19,54H2,1-4H3,(H,56,62)/t28-,29+/m0/s1. The fourth-order valence-electron chi connectivity index (χ4n) is 7.67. The number of sulfone groups is 1. The second-order valence-corrected chi connectivity index (χ2v) is 23.2. The lowest BCUT2D eigenvalue weighted by Crippen LogP contribution is -2.38. The average Bonchev–Trinajstić information content (AvgIpc) is 3.83. The molecule has 0 spiro atoms. The number of carbonyl (C=O) groups excluding carboxylic acids is 2. The maximum Gasteiger partial charge on any atom is 0.435 e. The van der Waals surface area contributed by atoms with Crippen molar-refractivity contribution in [1.82, 2.24) is 29.9 Å². The number of nitrogens with one attached hydrogen (secondary N) is 1. The lowest BCUT2D eigenvalue weighted by Gasteiger charge is -2.25. The van der Waals surface area contributed by atoms with Crippen LogP contribution in [0.25, 0.3) is 22.0 Å². The first-order valence-corrected chi connectivity index (χ1v) is 25.8. The second kappa shape index (κ2) is 19.7. The third-order valence-electron chi connectivity index (χ3n) is 11.2. The highest BCUT2D eigenvalue weighted by atomic mass is 127. The number of hydrogen-bond donors (Lipinski definition) is 2. The molecule has 0 fully saturated rings. The summed E-state index contributed by atoms with van der Waals surface area (Å²) >= 11 is 7.86. The number of ether oxygens (including phenoxy) is 1. The molecule has 29 heteroatoms. The summed E-state index contributed by atoms with van der Waals surface area (Å²) in [5.74, 6) is -8.47. The number of halogens is 12. The van der Waals surface area contributed by atoms with Gasteiger partial charge in [0.05, 0.1) is 42.6 Å². The van der Waals surface area contributed by atoms with Crippen molar-refractivity contribution in [3.05, 3.63) is 93.0 Å². The first kappa shape index (κ1) is 54.5. The summed E-state index contributed by atoms with van der Waals surface area (Å²) in [6.45, 7) is -1.31. The Balaban J connectivity index is 1.63. The largest absolute Gasteiger partial charge is 0.447 e. The molecule has 0 bridgehead atoms. The molecule has 2 atom stereocenters. The van der Waals surface area contributed by atoms with Gasteiger partial charge in [-0.15, -0.1) is 0 Å². The number of anilines is 1. The van der Waals surface area contributed by atoms with E-state index in [1.54, 1.807) is 0 Å². The minimum atomic E-state index is -5.23. The summed E-state index contributed by atoms with van der Waals surface area (Å²) < 4.78 is 200. The summed E-state index contributed by atoms with van der Waals surface area (Å²) in [6, 6.07) is 5.17. The lowest BCUT2D eigenvalue weighted by molar-refractivity contribution is -0.142. The predicted octanol–water partition coefficient (Wildman–Crippen LogP) is 7.98. The number of aryl methyl sites for hydroxylation is 1. The Morgan fingerprint density at radius 1 is 0.986 bits per heavy atom. The Morgan fingerprint density at radius 3 is 2.19 bits per heavy atom. The van der Waals surface area contributed by atoms with Crippen molar-refractivity contribution in [3.63, 3.8) is 0 Å². The van der Waals surface area contributed by atoms with Gasteiger partial charge >= 0.3 is 24.4 Å². The molecule has 0 unspecified atom stereocenters. The summed E-state index contributed by atoms with van der Waals surface area (Å²) in [4.78, 5) is 32.1. The molecule has 2 amide bonds. The smallest absolute Gasteiger partial charge is 0.435 e. The number of nitrogens with two attached hydrogens (primary N) is 1. The minimum absolute atomic E-state index is 0.0492. The number of alkyl halides is 9. The number of benzene rings is 2. The van der Waals surface area contributed by atoms with Crippen LogP contribution in [0.3, 0.4) is 0 Å². The quantitative estimate of drug-likeness (QED) is 0.0551. The molecule has 0 aliphatic heterocycles. The normalized spacial score (nSPS) is 15.8. The van der Waals surface area contributed by atoms with Gasteiger partial charge in [0.2, 0.25) is 15.9 Å². The number of pyridine rings is 1. The number of hydrogen-bond acceptors (Lipinski definition) is 11. The van der Waals surface area contributed by atoms with E-state index in [2.05, 4.69) is 20.5 Å². The molecule has 3 N–H and O–H groups in total. The number of nitrogens with zero attached hydrogens (tertiary/aromatic N) is 6. The van der Waals surface area contributed by atoms with Crippen molar-refractivity contribution in [3.8, 4) is 11.1 Å². The van der Waals surface area contributed by atoms with Crippen molar-refractivity contribution >= 4 is 82.8 Å². The van der Waals surface area contributed by atoms with Crippen LogP contribution < -0.4 is 15.4 Å². The van der Waals surface area contributed by atoms with Crippen molar-refractivity contribution in [2.24, 2.45) is 5.73 Å². The summed E-state index contributed by atoms with van der Waals surface area (Å²) in [6.07, 6.45) is -12.2. The van der Waals surface area contributed by atoms with Crippen LogP contribution in [0.2, 0.25) is 5.02 Å². The van der Waals surface area contributed by atoms with Crippen LogP contribution in [-0.2, 0) is 73.8 Å². The van der Waals surface area contributed by atoms with E-state index in [1.165, 1.54) is 48.6 Å². The van der Waals surface area contributed by atoms with E-state index < -0.39 is 148 Å². The first-order chi connectivity index (χ1) is 32.1. The maximum absolute atomic E-state index is 15.5. The molecule has 0 saturated carbocycles. The fraction of sp³-hybridized carbons (Fsp3) is 0.439. The Labute approximate surface area is 411 Å². The summed E-state index contributed by atoms with van der Waals surface area (Å²) in [5, 5.41) is 8.62. The van der Waals surface area contributed by atoms with Gasteiger partial charge in [-0.05, 0) is 69.4 Å². The Bertz CT molecular complexity index is 3080. The van der Waals surface area contributed by atoms with Crippen LogP contribution in [0.15, 0.2) is 42.5 Å². The van der Waals surface area contributed by atoms with Gasteiger partial charge in [-0.1, -0.05) is 46.3 Å². The van der Waals surface area contributed by atoms with E-state index in [-0.39, 0.29) is 61.1 Å². The molecule has 3 aromatic heterocycles. The highest BCUT2D eigenvalue weighted by Crippen LogP contribution is 2.50. The number of aromatic nitrogens is 5. The van der Waals surface area contributed by atoms with Gasteiger partial charge in [0.25, 0.3) is 0 Å². The predicted molar refractivity (Wildman–Crippen MR) is 243 cm³/mol. The Kier molecular flexibility index (Phi) is 15.3. The molecule has 70 heavy (non-hydrogen) atoms. The molecule has 0 radical (unpaired) electrons. The second-order valence-electron chi connectivity index (χ2n) is 16.8. The molecule has 1 aliphatic rings. The van der Waals surface area contributed by atoms with E-state index in [0.29, 0.717) is 12.3 Å². The zero-order valence-corrected chi connectivity index (χ0v) is 41.4. The van der Waals surface area contributed by atoms with Crippen LogP contribution in [0.1, 0.15) is 60.2 Å². The Hall–Kier alpha value is -4.81. The fourth-order valence-corrected chi connectivity index (χ4v) is 9.88. The van der Waals surface area contributed by atoms with E-state index >= 15 is 8.78 Å². The van der Waals surface area contributed by atoms with Crippen LogP contribution >= 0.6 is 34.2 Å². The van der Waals surface area contributed by atoms with Crippen LogP contribution in [0.4, 0.5) is 54.5 Å². The highest BCUT2D eigenvalue weighted by molar-refractivity contribution is 14.1. The minimum Gasteiger partial charge on any atom is -0.447 e. The van der Waals surface area contributed by atoms with E-state index in [0.717, 1.165) is 30.5 Å². The number of fused-ring (bicyclic) bond motifs is 2. The van der Waals surface area contributed by atoms with Crippen LogP contribution in [0.5, 0.6) is 0 Å². The molecule has 3 heterocycles. The molecule has 1 aliphatic carbocycles. The number of amides is 2. The third-order valence-corrected chi connectivity index (χ3v) is 15.9. The van der Waals surface area contributed by atoms with Gasteiger partial charge in [-0.2, -0.15) is 49.6 Å². The third kappa shape index (κ3) is 11.6. The topological polar surface area (TPSA) is 201 Å². The maximum atomic E-state index is 15.5. The highest BCUT2D eigenvalue weighted by Gasteiger charge is 2.55. The molecule has 15 nitrogen and oxygen atoms in total. The lowest BCUT2D eigenvalue weighted by atomic mass is 9.93. The molecule has 5 aromatic rings. The molecule has 2 aromatic carbocycles. The van der Waals surface area contributed by atoms with Gasteiger partial charge in [0, 0.05) is 41.3 Å². The van der Waals surface area contributed by atoms with Crippen LogP contribution in [-0.4, -0.2) is 93.9 Å². The van der Waals surface area contributed by atoms with Crippen molar-refractivity contribution in [2.75, 3.05) is 30.0 Å². The first-order valence-electron chi connectivity index (χ1n) is 20.4. The molecule has 6 rings (SSSR count). The number of sulfonamides is 1. The van der Waals surface area contributed by atoms with E-state index in [9.17, 15) is 61.5 Å². The average molecular weight is 1170 g/mol. The van der Waals surface area contributed by atoms with Crippen molar-refractivity contribution in [2.45, 2.75) is 85.6 Å². The van der Waals surface area contributed by atoms with Gasteiger partial charge < -0.3 is 15.8 Å².